The zero-order chi connectivity index (χ0) is 25.4. The van der Waals surface area contributed by atoms with Crippen molar-refractivity contribution < 1.29 is 24.1 Å². The van der Waals surface area contributed by atoms with Crippen molar-refractivity contribution in [3.63, 3.8) is 0 Å². The number of aryl methyl sites for hydroxylation is 1. The van der Waals surface area contributed by atoms with Crippen LogP contribution in [-0.4, -0.2) is 53.4 Å². The first-order chi connectivity index (χ1) is 18.0. The first-order valence-corrected chi connectivity index (χ1v) is 13.8. The maximum absolute atomic E-state index is 13.4. The number of likely N-dealkylation sites (tertiary alicyclic amines) is 1. The van der Waals surface area contributed by atoms with E-state index in [1.807, 2.05) is 37.3 Å². The molecule has 2 aromatic rings. The second kappa shape index (κ2) is 8.34. The number of aliphatic hydroxyl groups is 1. The van der Waals surface area contributed by atoms with Crippen molar-refractivity contribution in [2.24, 2.45) is 5.92 Å². The van der Waals surface area contributed by atoms with E-state index in [1.54, 1.807) is 0 Å². The molecule has 0 radical (unpaired) electrons. The number of ether oxygens (including phenoxy) is 3. The van der Waals surface area contributed by atoms with Gasteiger partial charge in [0.25, 0.3) is 0 Å². The zero-order valence-electron chi connectivity index (χ0n) is 21.7. The van der Waals surface area contributed by atoms with Crippen molar-refractivity contribution >= 4 is 5.97 Å². The zero-order valence-corrected chi connectivity index (χ0v) is 21.7. The molecule has 2 heterocycles. The van der Waals surface area contributed by atoms with Gasteiger partial charge in [-0.1, -0.05) is 42.5 Å². The third kappa shape index (κ3) is 3.28. The van der Waals surface area contributed by atoms with Crippen LogP contribution in [-0.2, 0) is 32.7 Å². The minimum absolute atomic E-state index is 0.0748. The second-order valence-corrected chi connectivity index (χ2v) is 11.6. The fourth-order valence-corrected chi connectivity index (χ4v) is 7.59. The number of rotatable bonds is 7. The van der Waals surface area contributed by atoms with Gasteiger partial charge in [0.2, 0.25) is 0 Å². The molecule has 5 aliphatic rings. The summed E-state index contributed by atoms with van der Waals surface area (Å²) in [7, 11) is 0. The molecule has 6 heteroatoms. The number of nitrogens with zero attached hydrogens (tertiary/aromatic N) is 1. The van der Waals surface area contributed by atoms with Gasteiger partial charge in [-0.15, -0.1) is 0 Å². The topological polar surface area (TPSA) is 68.2 Å². The van der Waals surface area contributed by atoms with Crippen LogP contribution >= 0.6 is 0 Å². The molecule has 0 amide bonds. The third-order valence-corrected chi connectivity index (χ3v) is 9.47. The monoisotopic (exact) mass is 501 g/mol. The van der Waals surface area contributed by atoms with Crippen LogP contribution in [0.5, 0.6) is 5.75 Å². The molecule has 1 spiro atoms. The first kappa shape index (κ1) is 23.3. The molecule has 6 nitrogen and oxygen atoms in total. The summed E-state index contributed by atoms with van der Waals surface area (Å²) in [6.07, 6.45) is 3.73. The summed E-state index contributed by atoms with van der Waals surface area (Å²) in [5.74, 6) is 1.70. The molecule has 2 fully saturated rings. The average molecular weight is 502 g/mol. The number of piperidine rings is 1. The Morgan fingerprint density at radius 2 is 2.00 bits per heavy atom. The van der Waals surface area contributed by atoms with E-state index in [0.29, 0.717) is 17.9 Å². The molecule has 1 N–H and O–H groups in total. The molecular formula is C31H35NO5. The summed E-state index contributed by atoms with van der Waals surface area (Å²) in [6, 6.07) is 14.3. The number of hydrogen-bond donors (Lipinski definition) is 1. The quantitative estimate of drug-likeness (QED) is 0.574. The molecule has 7 rings (SSSR count). The first-order valence-electron chi connectivity index (χ1n) is 13.8. The Bertz CT molecular complexity index is 1280. The van der Waals surface area contributed by atoms with E-state index in [4.69, 9.17) is 14.2 Å². The van der Waals surface area contributed by atoms with Crippen molar-refractivity contribution in [1.29, 1.82) is 0 Å². The Labute approximate surface area is 218 Å². The molecule has 1 saturated heterocycles. The Morgan fingerprint density at radius 1 is 1.19 bits per heavy atom. The maximum Gasteiger partial charge on any atom is 0.337 e. The molecule has 1 saturated carbocycles. The molecule has 2 aliphatic heterocycles. The van der Waals surface area contributed by atoms with Gasteiger partial charge in [0.05, 0.1) is 23.2 Å². The largest absolute Gasteiger partial charge is 0.489 e. The molecule has 37 heavy (non-hydrogen) atoms. The normalized spacial score (nSPS) is 31.5. The van der Waals surface area contributed by atoms with Crippen molar-refractivity contribution in [2.75, 3.05) is 19.7 Å². The van der Waals surface area contributed by atoms with Gasteiger partial charge in [0.15, 0.2) is 6.10 Å². The Morgan fingerprint density at radius 3 is 2.76 bits per heavy atom. The number of hydrogen-bond acceptors (Lipinski definition) is 6. The lowest BCUT2D eigenvalue weighted by Gasteiger charge is -2.62. The summed E-state index contributed by atoms with van der Waals surface area (Å²) >= 11 is 0. The van der Waals surface area contributed by atoms with Gasteiger partial charge >= 0.3 is 5.97 Å². The van der Waals surface area contributed by atoms with Gasteiger partial charge in [-0.25, -0.2) is 4.79 Å². The third-order valence-electron chi connectivity index (χ3n) is 9.47. The molecular weight excluding hydrogens is 466 g/mol. The van der Waals surface area contributed by atoms with Gasteiger partial charge in [0, 0.05) is 24.6 Å². The van der Waals surface area contributed by atoms with Crippen LogP contribution in [0.4, 0.5) is 0 Å². The molecule has 4 atom stereocenters. The fraction of sp³-hybridized carbons (Fsp3) is 0.516. The van der Waals surface area contributed by atoms with E-state index in [1.165, 1.54) is 18.4 Å². The highest BCUT2D eigenvalue weighted by Crippen LogP contribution is 2.65. The summed E-state index contributed by atoms with van der Waals surface area (Å²) in [4.78, 5) is 15.9. The minimum Gasteiger partial charge on any atom is -0.489 e. The smallest absolute Gasteiger partial charge is 0.337 e. The van der Waals surface area contributed by atoms with Crippen LogP contribution in [0.15, 0.2) is 53.8 Å². The van der Waals surface area contributed by atoms with Crippen molar-refractivity contribution in [3.8, 4) is 5.75 Å². The van der Waals surface area contributed by atoms with Crippen molar-refractivity contribution in [2.45, 2.75) is 75.7 Å². The van der Waals surface area contributed by atoms with Crippen LogP contribution in [0, 0.1) is 12.8 Å². The molecule has 2 aromatic carbocycles. The summed E-state index contributed by atoms with van der Waals surface area (Å²) in [6.45, 7) is 6.40. The Hall–Kier alpha value is -2.83. The van der Waals surface area contributed by atoms with E-state index >= 15 is 0 Å². The van der Waals surface area contributed by atoms with Crippen LogP contribution in [0.25, 0.3) is 0 Å². The standard InChI is InChI=1S/C31H35NO5/c1-3-35-29(33)23-16-31(34)24-15-22-12-9-19(2)26-25(22)30(31,13-14-32(24)17-20-10-11-20)28(37-26)27(23)36-18-21-7-5-4-6-8-21/h4-9,12,20,24,28,34H,3,10-11,13-18H2,1-2H3/t24-,28+,30+,31-/m1/s1. The Balaban J connectivity index is 1.39. The molecule has 0 aromatic heterocycles. The maximum atomic E-state index is 13.4. The van der Waals surface area contributed by atoms with Crippen LogP contribution in [0.1, 0.15) is 54.9 Å². The van der Waals surface area contributed by atoms with E-state index in [-0.39, 0.29) is 19.1 Å². The van der Waals surface area contributed by atoms with Gasteiger partial charge in [-0.05, 0) is 68.7 Å². The predicted octanol–water partition coefficient (Wildman–Crippen LogP) is 4.20. The van der Waals surface area contributed by atoms with E-state index in [2.05, 4.69) is 24.0 Å². The second-order valence-electron chi connectivity index (χ2n) is 11.6. The summed E-state index contributed by atoms with van der Waals surface area (Å²) in [5.41, 5.74) is 3.13. The van der Waals surface area contributed by atoms with Crippen LogP contribution in [0.2, 0.25) is 0 Å². The van der Waals surface area contributed by atoms with Crippen LogP contribution in [0.3, 0.4) is 0 Å². The average Bonchev–Trinajstić information content (AvgIpc) is 3.64. The molecule has 2 bridgehead atoms. The highest BCUT2D eigenvalue weighted by molar-refractivity contribution is 5.90. The van der Waals surface area contributed by atoms with E-state index in [9.17, 15) is 9.90 Å². The van der Waals surface area contributed by atoms with Crippen LogP contribution < -0.4 is 4.74 Å². The van der Waals surface area contributed by atoms with Crippen molar-refractivity contribution in [1.82, 2.24) is 4.90 Å². The predicted molar refractivity (Wildman–Crippen MR) is 138 cm³/mol. The van der Waals surface area contributed by atoms with Crippen molar-refractivity contribution in [3.05, 3.63) is 76.1 Å². The van der Waals surface area contributed by atoms with E-state index in [0.717, 1.165) is 54.3 Å². The van der Waals surface area contributed by atoms with Gasteiger partial charge in [-0.2, -0.15) is 0 Å². The highest BCUT2D eigenvalue weighted by atomic mass is 16.6. The Kier molecular flexibility index (Phi) is 5.25. The lowest BCUT2D eigenvalue weighted by molar-refractivity contribution is -0.177. The van der Waals surface area contributed by atoms with Gasteiger partial charge in [-0.3, -0.25) is 4.90 Å². The lowest BCUT2D eigenvalue weighted by atomic mass is 9.49. The number of carbonyl (C=O) groups is 1. The SMILES string of the molecule is CCOC(=O)C1=C(OCc2ccccc2)[C@@H]2Oc3c(C)ccc4c3[C@@]23CCN(CC2CC2)[C@H](C4)[C@]3(O)C1. The molecule has 194 valence electrons. The summed E-state index contributed by atoms with van der Waals surface area (Å²) in [5, 5.41) is 12.9. The number of carbonyl (C=O) groups excluding carboxylic acids is 1. The molecule has 0 unspecified atom stereocenters. The van der Waals surface area contributed by atoms with E-state index < -0.39 is 23.1 Å². The number of benzene rings is 2. The number of esters is 1. The summed E-state index contributed by atoms with van der Waals surface area (Å²) < 4.78 is 18.8. The minimum atomic E-state index is -1.14. The fourth-order valence-electron chi connectivity index (χ4n) is 7.59. The van der Waals surface area contributed by atoms with Gasteiger partial charge in [0.1, 0.15) is 18.1 Å². The molecule has 3 aliphatic carbocycles. The van der Waals surface area contributed by atoms with Gasteiger partial charge < -0.3 is 19.3 Å². The lowest BCUT2D eigenvalue weighted by Crippen LogP contribution is -2.75. The highest BCUT2D eigenvalue weighted by Gasteiger charge is 2.73.